The van der Waals surface area contributed by atoms with Crippen LogP contribution in [0.1, 0.15) is 36.2 Å². The van der Waals surface area contributed by atoms with Gasteiger partial charge in [-0.1, -0.05) is 0 Å². The third kappa shape index (κ3) is 4.33. The monoisotopic (exact) mass is 384 g/mol. The summed E-state index contributed by atoms with van der Waals surface area (Å²) < 4.78 is 19.5. The Hall–Kier alpha value is -2.05. The molecule has 3 heterocycles. The molecule has 2 fully saturated rings. The second kappa shape index (κ2) is 8.13. The number of hydrogen-bond acceptors (Lipinski definition) is 5. The second-order valence-electron chi connectivity index (χ2n) is 8.37. The highest BCUT2D eigenvalue weighted by Crippen LogP contribution is 2.40. The van der Waals surface area contributed by atoms with E-state index in [4.69, 9.17) is 4.74 Å². The molecule has 0 aliphatic carbocycles. The number of halogens is 1. The summed E-state index contributed by atoms with van der Waals surface area (Å²) in [7, 11) is 1.62. The fourth-order valence-electron chi connectivity index (χ4n) is 4.74. The van der Waals surface area contributed by atoms with Crippen molar-refractivity contribution in [1.29, 1.82) is 0 Å². The smallest absolute Gasteiger partial charge is 0.127 e. The molecule has 2 aliphatic heterocycles. The van der Waals surface area contributed by atoms with Crippen LogP contribution in [0.2, 0.25) is 0 Å². The summed E-state index contributed by atoms with van der Waals surface area (Å²) in [6.45, 7) is 7.74. The van der Waals surface area contributed by atoms with Gasteiger partial charge in [-0.25, -0.2) is 14.4 Å². The first kappa shape index (κ1) is 19.3. The zero-order valence-corrected chi connectivity index (χ0v) is 16.8. The minimum absolute atomic E-state index is 0.146. The molecule has 4 rings (SSSR count). The van der Waals surface area contributed by atoms with E-state index >= 15 is 0 Å². The van der Waals surface area contributed by atoms with Crippen molar-refractivity contribution < 1.29 is 9.13 Å². The number of aromatic nitrogens is 2. The molecule has 6 heteroatoms. The molecule has 2 saturated heterocycles. The van der Waals surface area contributed by atoms with Gasteiger partial charge in [-0.05, 0) is 62.9 Å². The summed E-state index contributed by atoms with van der Waals surface area (Å²) in [6, 6.07) is 5.02. The van der Waals surface area contributed by atoms with Gasteiger partial charge in [-0.2, -0.15) is 0 Å². The maximum Gasteiger partial charge on any atom is 0.127 e. The first-order valence-corrected chi connectivity index (χ1v) is 10.1. The topological polar surface area (TPSA) is 41.5 Å². The number of nitrogens with zero attached hydrogens (tertiary/aromatic N) is 4. The van der Waals surface area contributed by atoms with Crippen LogP contribution in [0.25, 0.3) is 0 Å². The first-order valence-electron chi connectivity index (χ1n) is 10.1. The molecule has 1 aromatic heterocycles. The summed E-state index contributed by atoms with van der Waals surface area (Å²) in [4.78, 5) is 13.6. The average Bonchev–Trinajstić information content (AvgIpc) is 3.07. The number of methoxy groups -OCH3 is 1. The van der Waals surface area contributed by atoms with Crippen LogP contribution in [-0.4, -0.2) is 53.1 Å². The molecule has 0 radical (unpaired) electrons. The molecule has 0 N–H and O–H groups in total. The van der Waals surface area contributed by atoms with Gasteiger partial charge < -0.3 is 4.74 Å². The van der Waals surface area contributed by atoms with E-state index in [0.29, 0.717) is 12.0 Å². The summed E-state index contributed by atoms with van der Waals surface area (Å²) >= 11 is 0. The fraction of sp³-hybridized carbons (Fsp3) is 0.545. The van der Waals surface area contributed by atoms with Crippen LogP contribution < -0.4 is 4.74 Å². The number of piperidine rings is 1. The van der Waals surface area contributed by atoms with Crippen LogP contribution in [-0.2, 0) is 13.1 Å². The van der Waals surface area contributed by atoms with Gasteiger partial charge >= 0.3 is 0 Å². The molecule has 150 valence electrons. The standard InChI is InChI=1S/C22H29FN4O/c1-17-24-11-18(12-25-17)13-27-9-7-22(16-27)6-3-8-26(15-22)14-19-10-20(28-2)4-5-21(19)23/h4-5,10-12H,3,6-9,13-16H2,1-2H3. The summed E-state index contributed by atoms with van der Waals surface area (Å²) in [5, 5.41) is 0. The van der Waals surface area contributed by atoms with Crippen LogP contribution >= 0.6 is 0 Å². The van der Waals surface area contributed by atoms with Gasteiger partial charge in [0.15, 0.2) is 0 Å². The third-order valence-electron chi connectivity index (χ3n) is 6.15. The molecule has 1 spiro atoms. The Kier molecular flexibility index (Phi) is 5.60. The quantitative estimate of drug-likeness (QED) is 0.790. The zero-order valence-electron chi connectivity index (χ0n) is 16.8. The molecule has 1 unspecified atom stereocenters. The highest BCUT2D eigenvalue weighted by Gasteiger charge is 2.41. The number of hydrogen-bond donors (Lipinski definition) is 0. The van der Waals surface area contributed by atoms with Gasteiger partial charge in [-0.3, -0.25) is 9.80 Å². The van der Waals surface area contributed by atoms with E-state index in [1.54, 1.807) is 13.2 Å². The minimum Gasteiger partial charge on any atom is -0.497 e. The number of aryl methyl sites for hydroxylation is 1. The fourth-order valence-corrected chi connectivity index (χ4v) is 4.74. The molecule has 2 aromatic rings. The van der Waals surface area contributed by atoms with Gasteiger partial charge in [0.2, 0.25) is 0 Å². The van der Waals surface area contributed by atoms with Crippen molar-refractivity contribution in [1.82, 2.24) is 19.8 Å². The van der Waals surface area contributed by atoms with Gasteiger partial charge in [-0.15, -0.1) is 0 Å². The second-order valence-corrected chi connectivity index (χ2v) is 8.37. The van der Waals surface area contributed by atoms with E-state index in [0.717, 1.165) is 49.9 Å². The number of ether oxygens (including phenoxy) is 1. The highest BCUT2D eigenvalue weighted by atomic mass is 19.1. The Balaban J connectivity index is 1.39. The Bertz CT molecular complexity index is 813. The molecule has 0 bridgehead atoms. The Morgan fingerprint density at radius 2 is 1.82 bits per heavy atom. The normalized spacial score (nSPS) is 23.4. The highest BCUT2D eigenvalue weighted by molar-refractivity contribution is 5.29. The van der Waals surface area contributed by atoms with E-state index < -0.39 is 0 Å². The lowest BCUT2D eigenvalue weighted by molar-refractivity contribution is 0.0857. The lowest BCUT2D eigenvalue weighted by Gasteiger charge is -2.40. The zero-order chi connectivity index (χ0) is 19.6. The largest absolute Gasteiger partial charge is 0.497 e. The summed E-state index contributed by atoms with van der Waals surface area (Å²) in [5.74, 6) is 1.39. The van der Waals surface area contributed by atoms with Crippen LogP contribution in [0.4, 0.5) is 4.39 Å². The van der Waals surface area contributed by atoms with Crippen molar-refractivity contribution >= 4 is 0 Å². The molecule has 28 heavy (non-hydrogen) atoms. The van der Waals surface area contributed by atoms with E-state index in [-0.39, 0.29) is 5.82 Å². The molecular weight excluding hydrogens is 355 g/mol. The van der Waals surface area contributed by atoms with E-state index in [9.17, 15) is 4.39 Å². The minimum atomic E-state index is -0.146. The predicted octanol–water partition coefficient (Wildman–Crippen LogP) is 3.42. The number of likely N-dealkylation sites (tertiary alicyclic amines) is 2. The lowest BCUT2D eigenvalue weighted by atomic mass is 9.79. The Morgan fingerprint density at radius 1 is 1.07 bits per heavy atom. The molecule has 1 atom stereocenters. The molecule has 5 nitrogen and oxygen atoms in total. The van der Waals surface area contributed by atoms with Crippen molar-refractivity contribution in [2.45, 2.75) is 39.3 Å². The number of rotatable bonds is 5. The summed E-state index contributed by atoms with van der Waals surface area (Å²) in [5.41, 5.74) is 2.22. The van der Waals surface area contributed by atoms with Gasteiger partial charge in [0.1, 0.15) is 17.4 Å². The van der Waals surface area contributed by atoms with Crippen LogP contribution in [0.15, 0.2) is 30.6 Å². The molecule has 0 saturated carbocycles. The van der Waals surface area contributed by atoms with E-state index in [1.165, 1.54) is 30.9 Å². The molecular formula is C22H29FN4O. The predicted molar refractivity (Wildman–Crippen MR) is 107 cm³/mol. The molecule has 0 amide bonds. The summed E-state index contributed by atoms with van der Waals surface area (Å²) in [6.07, 6.45) is 7.51. The lowest BCUT2D eigenvalue weighted by Crippen LogP contribution is -2.44. The third-order valence-corrected chi connectivity index (χ3v) is 6.15. The van der Waals surface area contributed by atoms with Crippen LogP contribution in [0.5, 0.6) is 5.75 Å². The van der Waals surface area contributed by atoms with Crippen molar-refractivity contribution in [3.63, 3.8) is 0 Å². The maximum atomic E-state index is 14.3. The van der Waals surface area contributed by atoms with Crippen LogP contribution in [0.3, 0.4) is 0 Å². The van der Waals surface area contributed by atoms with Gasteiger partial charge in [0, 0.05) is 49.7 Å². The SMILES string of the molecule is COc1ccc(F)c(CN2CCCC3(CCN(Cc4cnc(C)nc4)C3)C2)c1. The van der Waals surface area contributed by atoms with Crippen molar-refractivity contribution in [2.24, 2.45) is 5.41 Å². The van der Waals surface area contributed by atoms with Gasteiger partial charge in [0.05, 0.1) is 7.11 Å². The first-order chi connectivity index (χ1) is 13.5. The van der Waals surface area contributed by atoms with Crippen LogP contribution in [0, 0.1) is 18.2 Å². The number of benzene rings is 1. The van der Waals surface area contributed by atoms with Crippen molar-refractivity contribution in [3.05, 3.63) is 53.4 Å². The maximum absolute atomic E-state index is 14.3. The van der Waals surface area contributed by atoms with Gasteiger partial charge in [0.25, 0.3) is 0 Å². The van der Waals surface area contributed by atoms with E-state index in [2.05, 4.69) is 19.8 Å². The molecule has 2 aliphatic rings. The Labute approximate surface area is 166 Å². The average molecular weight is 384 g/mol. The van der Waals surface area contributed by atoms with E-state index in [1.807, 2.05) is 25.4 Å². The van der Waals surface area contributed by atoms with Crippen molar-refractivity contribution in [3.8, 4) is 5.75 Å². The molecule has 1 aromatic carbocycles. The Morgan fingerprint density at radius 3 is 2.57 bits per heavy atom. The van der Waals surface area contributed by atoms with Crippen molar-refractivity contribution in [2.75, 3.05) is 33.3 Å².